The first-order chi connectivity index (χ1) is 10.5. The van der Waals surface area contributed by atoms with E-state index in [0.717, 1.165) is 0 Å². The standard InChI is InChI=1S/C14H13N3O3.C2H6/c1-14(2,9-15)11-8-12(17-20-11)16-13(18)19-10-6-4-3-5-7-10;1-2/h3-8H,1-2H3,(H,16,17,18);1-2H3. The topological polar surface area (TPSA) is 88.2 Å². The Labute approximate surface area is 129 Å². The molecule has 6 heteroatoms. The van der Waals surface area contributed by atoms with Gasteiger partial charge < -0.3 is 9.26 Å². The van der Waals surface area contributed by atoms with E-state index in [0.29, 0.717) is 11.5 Å². The summed E-state index contributed by atoms with van der Waals surface area (Å²) in [6.45, 7) is 7.39. The third kappa shape index (κ3) is 4.63. The summed E-state index contributed by atoms with van der Waals surface area (Å²) in [7, 11) is 0. The largest absolute Gasteiger partial charge is 0.418 e. The van der Waals surface area contributed by atoms with Gasteiger partial charge in [-0.05, 0) is 26.0 Å². The molecule has 2 rings (SSSR count). The van der Waals surface area contributed by atoms with Gasteiger partial charge in [0.15, 0.2) is 11.6 Å². The molecule has 1 N–H and O–H groups in total. The van der Waals surface area contributed by atoms with Crippen LogP contribution < -0.4 is 10.1 Å². The first-order valence-corrected chi connectivity index (χ1v) is 6.93. The van der Waals surface area contributed by atoms with Crippen LogP contribution in [0.1, 0.15) is 33.5 Å². The van der Waals surface area contributed by atoms with Crippen LogP contribution in [0.2, 0.25) is 0 Å². The van der Waals surface area contributed by atoms with Crippen LogP contribution in [0.4, 0.5) is 10.6 Å². The van der Waals surface area contributed by atoms with Crippen molar-refractivity contribution in [3.05, 3.63) is 42.2 Å². The third-order valence-electron chi connectivity index (χ3n) is 2.59. The van der Waals surface area contributed by atoms with E-state index >= 15 is 0 Å². The van der Waals surface area contributed by atoms with E-state index in [-0.39, 0.29) is 5.82 Å². The number of hydrogen-bond acceptors (Lipinski definition) is 5. The molecule has 0 unspecified atom stereocenters. The van der Waals surface area contributed by atoms with Gasteiger partial charge in [-0.15, -0.1) is 0 Å². The summed E-state index contributed by atoms with van der Waals surface area (Å²) in [5.41, 5.74) is -0.809. The minimum atomic E-state index is -0.809. The average molecular weight is 301 g/mol. The number of rotatable bonds is 3. The van der Waals surface area contributed by atoms with Crippen LogP contribution in [0.25, 0.3) is 0 Å². The Morgan fingerprint density at radius 3 is 2.55 bits per heavy atom. The zero-order valence-electron chi connectivity index (χ0n) is 13.1. The van der Waals surface area contributed by atoms with Gasteiger partial charge in [-0.2, -0.15) is 5.26 Å². The molecule has 116 valence electrons. The zero-order valence-corrected chi connectivity index (χ0v) is 13.1. The number of para-hydroxylation sites is 1. The Morgan fingerprint density at radius 2 is 1.95 bits per heavy atom. The van der Waals surface area contributed by atoms with E-state index in [4.69, 9.17) is 14.5 Å². The maximum atomic E-state index is 11.6. The molecule has 1 amide bonds. The molecular formula is C16H19N3O3. The molecule has 0 atom stereocenters. The summed E-state index contributed by atoms with van der Waals surface area (Å²) < 4.78 is 10.1. The lowest BCUT2D eigenvalue weighted by molar-refractivity contribution is 0.215. The Hall–Kier alpha value is -2.81. The lowest BCUT2D eigenvalue weighted by atomic mass is 9.93. The number of amides is 1. The molecule has 0 aliphatic heterocycles. The van der Waals surface area contributed by atoms with Gasteiger partial charge >= 0.3 is 6.09 Å². The normalized spacial score (nSPS) is 9.95. The summed E-state index contributed by atoms with van der Waals surface area (Å²) in [4.78, 5) is 11.6. The molecule has 0 aliphatic carbocycles. The highest BCUT2D eigenvalue weighted by Crippen LogP contribution is 2.24. The monoisotopic (exact) mass is 301 g/mol. The number of carbonyl (C=O) groups excluding carboxylic acids is 1. The van der Waals surface area contributed by atoms with Gasteiger partial charge in [0.2, 0.25) is 0 Å². The fraction of sp³-hybridized carbons (Fsp3) is 0.312. The number of benzene rings is 1. The fourth-order valence-corrected chi connectivity index (χ4v) is 1.41. The highest BCUT2D eigenvalue weighted by molar-refractivity contribution is 5.85. The van der Waals surface area contributed by atoms with Crippen LogP contribution in [-0.2, 0) is 5.41 Å². The lowest BCUT2D eigenvalue weighted by Crippen LogP contribution is -2.17. The van der Waals surface area contributed by atoms with E-state index in [1.165, 1.54) is 6.07 Å². The molecule has 0 radical (unpaired) electrons. The number of aromatic nitrogens is 1. The van der Waals surface area contributed by atoms with Crippen molar-refractivity contribution in [1.29, 1.82) is 5.26 Å². The first kappa shape index (κ1) is 17.2. The van der Waals surface area contributed by atoms with Crippen LogP contribution in [0, 0.1) is 11.3 Å². The number of anilines is 1. The van der Waals surface area contributed by atoms with Gasteiger partial charge in [0.25, 0.3) is 0 Å². The summed E-state index contributed by atoms with van der Waals surface area (Å²) in [6.07, 6.45) is -0.675. The highest BCUT2D eigenvalue weighted by atomic mass is 16.6. The van der Waals surface area contributed by atoms with E-state index in [1.807, 2.05) is 19.9 Å². The van der Waals surface area contributed by atoms with Gasteiger partial charge in [0, 0.05) is 6.07 Å². The average Bonchev–Trinajstić information content (AvgIpc) is 2.99. The number of ether oxygens (including phenoxy) is 1. The van der Waals surface area contributed by atoms with Crippen molar-refractivity contribution in [2.45, 2.75) is 33.1 Å². The molecule has 0 bridgehead atoms. The molecule has 0 fully saturated rings. The minimum Gasteiger partial charge on any atom is -0.410 e. The van der Waals surface area contributed by atoms with Crippen LogP contribution in [0.5, 0.6) is 5.75 Å². The van der Waals surface area contributed by atoms with Gasteiger partial charge in [-0.25, -0.2) is 4.79 Å². The van der Waals surface area contributed by atoms with Crippen molar-refractivity contribution in [3.63, 3.8) is 0 Å². The SMILES string of the molecule is CC.CC(C)(C#N)c1cc(NC(=O)Oc2ccccc2)no1. The smallest absolute Gasteiger partial charge is 0.410 e. The molecule has 0 spiro atoms. The number of nitrogens with one attached hydrogen (secondary N) is 1. The fourth-order valence-electron chi connectivity index (χ4n) is 1.41. The van der Waals surface area contributed by atoms with E-state index in [1.54, 1.807) is 38.1 Å². The van der Waals surface area contributed by atoms with Crippen molar-refractivity contribution < 1.29 is 14.1 Å². The van der Waals surface area contributed by atoms with E-state index in [2.05, 4.69) is 16.5 Å². The van der Waals surface area contributed by atoms with Crippen LogP contribution in [0.3, 0.4) is 0 Å². The predicted octanol–water partition coefficient (Wildman–Crippen LogP) is 4.11. The molecule has 0 saturated heterocycles. The number of hydrogen-bond donors (Lipinski definition) is 1. The molecule has 1 aromatic heterocycles. The number of nitrogens with zero attached hydrogens (tertiary/aromatic N) is 2. The molecule has 6 nitrogen and oxygen atoms in total. The predicted molar refractivity (Wildman–Crippen MR) is 82.6 cm³/mol. The summed E-state index contributed by atoms with van der Waals surface area (Å²) >= 11 is 0. The molecule has 2 aromatic rings. The van der Waals surface area contributed by atoms with Gasteiger partial charge in [-0.3, -0.25) is 5.32 Å². The summed E-state index contributed by atoms with van der Waals surface area (Å²) in [5, 5.41) is 15.1. The summed E-state index contributed by atoms with van der Waals surface area (Å²) in [5.74, 6) is 0.991. The molecule has 0 saturated carbocycles. The molecular weight excluding hydrogens is 282 g/mol. The van der Waals surface area contributed by atoms with Crippen molar-refractivity contribution in [1.82, 2.24) is 5.16 Å². The molecule has 1 heterocycles. The second kappa shape index (κ2) is 7.84. The lowest BCUT2D eigenvalue weighted by Gasteiger charge is -2.08. The first-order valence-electron chi connectivity index (χ1n) is 6.93. The second-order valence-electron chi connectivity index (χ2n) is 4.64. The number of nitriles is 1. The van der Waals surface area contributed by atoms with Gasteiger partial charge in [0.05, 0.1) is 6.07 Å². The van der Waals surface area contributed by atoms with Crippen LogP contribution in [0.15, 0.2) is 40.9 Å². The summed E-state index contributed by atoms with van der Waals surface area (Å²) in [6, 6.07) is 12.2. The van der Waals surface area contributed by atoms with Crippen molar-refractivity contribution in [3.8, 4) is 11.8 Å². The highest BCUT2D eigenvalue weighted by Gasteiger charge is 2.25. The zero-order chi connectivity index (χ0) is 16.6. The Balaban J connectivity index is 0.00000116. The van der Waals surface area contributed by atoms with Crippen molar-refractivity contribution in [2.24, 2.45) is 0 Å². The quantitative estimate of drug-likeness (QED) is 0.921. The van der Waals surface area contributed by atoms with E-state index < -0.39 is 11.5 Å². The Kier molecular flexibility index (Phi) is 6.14. The van der Waals surface area contributed by atoms with Crippen molar-refractivity contribution in [2.75, 3.05) is 5.32 Å². The van der Waals surface area contributed by atoms with E-state index in [9.17, 15) is 4.79 Å². The minimum absolute atomic E-state index is 0.198. The number of carbonyl (C=O) groups is 1. The van der Waals surface area contributed by atoms with Crippen LogP contribution in [-0.4, -0.2) is 11.2 Å². The second-order valence-corrected chi connectivity index (χ2v) is 4.64. The molecule has 1 aromatic carbocycles. The maximum absolute atomic E-state index is 11.6. The molecule has 22 heavy (non-hydrogen) atoms. The van der Waals surface area contributed by atoms with Gasteiger partial charge in [0.1, 0.15) is 11.2 Å². The van der Waals surface area contributed by atoms with Crippen molar-refractivity contribution >= 4 is 11.9 Å². The maximum Gasteiger partial charge on any atom is 0.418 e. The third-order valence-corrected chi connectivity index (χ3v) is 2.59. The molecule has 0 aliphatic rings. The Bertz CT molecular complexity index is 642. The van der Waals surface area contributed by atoms with Gasteiger partial charge in [-0.1, -0.05) is 37.2 Å². The Morgan fingerprint density at radius 1 is 1.32 bits per heavy atom. The van der Waals surface area contributed by atoms with Crippen LogP contribution >= 0.6 is 0 Å².